The number of anilines is 3. The lowest BCUT2D eigenvalue weighted by atomic mass is 10.2. The second-order valence-electron chi connectivity index (χ2n) is 7.44. The molecule has 1 heterocycles. The Bertz CT molecular complexity index is 1070. The molecular weight excluding hydrogens is 394 g/mol. The molecule has 3 rings (SSSR count). The third-order valence-electron chi connectivity index (χ3n) is 5.21. The number of aromatic nitrogens is 2. The van der Waals surface area contributed by atoms with Crippen LogP contribution in [0.2, 0.25) is 0 Å². The molecule has 0 unspecified atom stereocenters. The maximum absolute atomic E-state index is 13.0. The Labute approximate surface area is 183 Å². The Morgan fingerprint density at radius 3 is 2.27 bits per heavy atom. The first kappa shape index (κ1) is 21.6. The Kier molecular flexibility index (Phi) is 6.62. The van der Waals surface area contributed by atoms with Gasteiger partial charge in [-0.05, 0) is 76.3 Å². The van der Waals surface area contributed by atoms with E-state index in [0.29, 0.717) is 16.8 Å². The van der Waals surface area contributed by atoms with Crippen LogP contribution in [0.3, 0.4) is 0 Å². The highest BCUT2D eigenvalue weighted by atomic mass is 32.1. The predicted octanol–water partition coefficient (Wildman–Crippen LogP) is 4.53. The maximum atomic E-state index is 13.0. The molecule has 3 aromatic rings. The molecular formula is C23H29N5OS. The van der Waals surface area contributed by atoms with Gasteiger partial charge in [0.15, 0.2) is 5.11 Å². The Morgan fingerprint density at radius 2 is 1.70 bits per heavy atom. The molecule has 0 aliphatic rings. The normalized spacial score (nSPS) is 10.9. The lowest BCUT2D eigenvalue weighted by Crippen LogP contribution is -2.30. The minimum absolute atomic E-state index is 0.142. The van der Waals surface area contributed by atoms with E-state index in [-0.39, 0.29) is 5.56 Å². The van der Waals surface area contributed by atoms with Crippen molar-refractivity contribution in [3.63, 3.8) is 0 Å². The minimum Gasteiger partial charge on any atom is -0.369 e. The summed E-state index contributed by atoms with van der Waals surface area (Å²) < 4.78 is 3.45. The molecule has 158 valence electrons. The smallest absolute Gasteiger partial charge is 0.295 e. The first-order valence-corrected chi connectivity index (χ1v) is 10.5. The third kappa shape index (κ3) is 4.41. The van der Waals surface area contributed by atoms with E-state index in [1.54, 1.807) is 4.68 Å². The molecule has 0 fully saturated rings. The summed E-state index contributed by atoms with van der Waals surface area (Å²) in [5, 5.41) is 6.63. The van der Waals surface area contributed by atoms with E-state index in [1.165, 1.54) is 5.69 Å². The van der Waals surface area contributed by atoms with Crippen LogP contribution in [0, 0.1) is 6.92 Å². The summed E-state index contributed by atoms with van der Waals surface area (Å²) in [5.41, 5.74) is 3.97. The summed E-state index contributed by atoms with van der Waals surface area (Å²) in [4.78, 5) is 15.3. The van der Waals surface area contributed by atoms with Crippen molar-refractivity contribution in [2.24, 2.45) is 7.05 Å². The first-order chi connectivity index (χ1) is 14.3. The van der Waals surface area contributed by atoms with Crippen LogP contribution in [0.4, 0.5) is 17.1 Å². The van der Waals surface area contributed by atoms with Crippen LogP contribution < -0.4 is 21.1 Å². The number of nitrogens with one attached hydrogen (secondary N) is 2. The summed E-state index contributed by atoms with van der Waals surface area (Å²) in [7, 11) is 1.86. The average Bonchev–Trinajstić information content (AvgIpc) is 2.93. The van der Waals surface area contributed by atoms with Gasteiger partial charge in [-0.15, -0.1) is 0 Å². The summed E-state index contributed by atoms with van der Waals surface area (Å²) in [5.74, 6) is 0. The van der Waals surface area contributed by atoms with Gasteiger partial charge in [0.1, 0.15) is 5.69 Å². The van der Waals surface area contributed by atoms with Crippen molar-refractivity contribution in [2.75, 3.05) is 22.1 Å². The molecule has 0 radical (unpaired) electrons. The number of thiocarbonyl (C=S) groups is 1. The number of rotatable bonds is 6. The van der Waals surface area contributed by atoms with Crippen molar-refractivity contribution in [3.8, 4) is 5.69 Å². The van der Waals surface area contributed by atoms with Crippen molar-refractivity contribution in [3.05, 3.63) is 70.6 Å². The van der Waals surface area contributed by atoms with Gasteiger partial charge >= 0.3 is 0 Å². The second kappa shape index (κ2) is 9.17. The molecule has 0 spiro atoms. The molecule has 0 bridgehead atoms. The van der Waals surface area contributed by atoms with Crippen molar-refractivity contribution in [2.45, 2.75) is 33.7 Å². The van der Waals surface area contributed by atoms with Crippen LogP contribution in [0.5, 0.6) is 0 Å². The Hall–Kier alpha value is -3.06. The molecule has 0 aliphatic carbocycles. The second-order valence-corrected chi connectivity index (χ2v) is 7.85. The van der Waals surface area contributed by atoms with E-state index in [4.69, 9.17) is 12.2 Å². The number of hydrogen-bond donors (Lipinski definition) is 2. The fourth-order valence-corrected chi connectivity index (χ4v) is 3.79. The van der Waals surface area contributed by atoms with E-state index >= 15 is 0 Å². The van der Waals surface area contributed by atoms with Crippen molar-refractivity contribution < 1.29 is 0 Å². The van der Waals surface area contributed by atoms with E-state index in [9.17, 15) is 4.79 Å². The lowest BCUT2D eigenvalue weighted by molar-refractivity contribution is 0.630. The molecule has 0 atom stereocenters. The standard InChI is InChI=1S/C23H29N5OS/c1-6-27(16(2)3)19-14-12-18(13-15-19)24-23(30)25-21-17(4)26(5)28(22(21)29)20-10-8-7-9-11-20/h7-16H,6H2,1-5H3,(H2,24,25,30). The topological polar surface area (TPSA) is 54.2 Å². The zero-order valence-corrected chi connectivity index (χ0v) is 19.0. The van der Waals surface area contributed by atoms with Gasteiger partial charge in [0.25, 0.3) is 5.56 Å². The SMILES string of the molecule is CCN(c1ccc(NC(=S)Nc2c(C)n(C)n(-c3ccccc3)c2=O)cc1)C(C)C. The van der Waals surface area contributed by atoms with Gasteiger partial charge < -0.3 is 15.5 Å². The summed E-state index contributed by atoms with van der Waals surface area (Å²) >= 11 is 5.47. The molecule has 1 aromatic heterocycles. The molecule has 0 aliphatic heterocycles. The van der Waals surface area contributed by atoms with Gasteiger partial charge in [-0.3, -0.25) is 9.48 Å². The van der Waals surface area contributed by atoms with E-state index in [1.807, 2.05) is 61.1 Å². The first-order valence-electron chi connectivity index (χ1n) is 10.1. The van der Waals surface area contributed by atoms with E-state index in [0.717, 1.165) is 23.6 Å². The molecule has 2 aromatic carbocycles. The number of hydrogen-bond acceptors (Lipinski definition) is 3. The van der Waals surface area contributed by atoms with E-state index < -0.39 is 0 Å². The highest BCUT2D eigenvalue weighted by Crippen LogP contribution is 2.20. The third-order valence-corrected chi connectivity index (χ3v) is 5.42. The Morgan fingerprint density at radius 1 is 1.07 bits per heavy atom. The molecule has 0 amide bonds. The van der Waals surface area contributed by atoms with E-state index in [2.05, 4.69) is 48.4 Å². The number of para-hydroxylation sites is 1. The van der Waals surface area contributed by atoms with Crippen LogP contribution in [0.25, 0.3) is 5.69 Å². The van der Waals surface area contributed by atoms with Crippen LogP contribution in [-0.4, -0.2) is 27.1 Å². The molecule has 0 saturated carbocycles. The van der Waals surface area contributed by atoms with Gasteiger partial charge in [0.05, 0.1) is 11.4 Å². The summed E-state index contributed by atoms with van der Waals surface area (Å²) in [6.45, 7) is 9.35. The highest BCUT2D eigenvalue weighted by molar-refractivity contribution is 7.80. The zero-order chi connectivity index (χ0) is 21.8. The molecule has 6 nitrogen and oxygen atoms in total. The number of benzene rings is 2. The maximum Gasteiger partial charge on any atom is 0.295 e. The van der Waals surface area contributed by atoms with Crippen molar-refractivity contribution in [1.82, 2.24) is 9.36 Å². The van der Waals surface area contributed by atoms with Crippen LogP contribution in [-0.2, 0) is 7.05 Å². The quantitative estimate of drug-likeness (QED) is 0.571. The van der Waals surface area contributed by atoms with Gasteiger partial charge in [-0.2, -0.15) is 0 Å². The van der Waals surface area contributed by atoms with Gasteiger partial charge in [0, 0.05) is 31.0 Å². The lowest BCUT2D eigenvalue weighted by Gasteiger charge is -2.27. The van der Waals surface area contributed by atoms with Gasteiger partial charge in [-0.25, -0.2) is 4.68 Å². The monoisotopic (exact) mass is 423 g/mol. The average molecular weight is 424 g/mol. The van der Waals surface area contributed by atoms with Crippen molar-refractivity contribution in [1.29, 1.82) is 0 Å². The molecule has 7 heteroatoms. The highest BCUT2D eigenvalue weighted by Gasteiger charge is 2.17. The zero-order valence-electron chi connectivity index (χ0n) is 18.1. The van der Waals surface area contributed by atoms with Crippen LogP contribution in [0.1, 0.15) is 26.5 Å². The fraction of sp³-hybridized carbons (Fsp3) is 0.304. The van der Waals surface area contributed by atoms with Gasteiger partial charge in [0.2, 0.25) is 0 Å². The molecule has 2 N–H and O–H groups in total. The molecule has 30 heavy (non-hydrogen) atoms. The summed E-state index contributed by atoms with van der Waals surface area (Å²) in [6.07, 6.45) is 0. The minimum atomic E-state index is -0.142. The van der Waals surface area contributed by atoms with Gasteiger partial charge in [-0.1, -0.05) is 18.2 Å². The predicted molar refractivity (Wildman–Crippen MR) is 130 cm³/mol. The summed E-state index contributed by atoms with van der Waals surface area (Å²) in [6, 6.07) is 18.1. The molecule has 0 saturated heterocycles. The largest absolute Gasteiger partial charge is 0.369 e. The van der Waals surface area contributed by atoms with Crippen LogP contribution in [0.15, 0.2) is 59.4 Å². The fourth-order valence-electron chi connectivity index (χ4n) is 3.57. The Balaban J connectivity index is 1.77. The van der Waals surface area contributed by atoms with Crippen molar-refractivity contribution >= 4 is 34.4 Å². The van der Waals surface area contributed by atoms with Crippen LogP contribution >= 0.6 is 12.2 Å². The number of nitrogens with zero attached hydrogens (tertiary/aromatic N) is 3.